The van der Waals surface area contributed by atoms with E-state index in [2.05, 4.69) is 31.1 Å². The number of methoxy groups -OCH3 is 1. The summed E-state index contributed by atoms with van der Waals surface area (Å²) < 4.78 is 6.03. The SMILES string of the molecule is COC(=O)Cn1ncc(N(C)C2CCNC2)c(Br)c1=O. The number of carbonyl (C=O) groups excluding carboxylic acids is 1. The van der Waals surface area contributed by atoms with Crippen LogP contribution >= 0.6 is 15.9 Å². The number of esters is 1. The van der Waals surface area contributed by atoms with Crippen LogP contribution in [0.1, 0.15) is 6.42 Å². The fourth-order valence-electron chi connectivity index (χ4n) is 2.17. The fraction of sp³-hybridized carbons (Fsp3) is 0.583. The summed E-state index contributed by atoms with van der Waals surface area (Å²) >= 11 is 3.30. The monoisotopic (exact) mass is 344 g/mol. The van der Waals surface area contributed by atoms with Crippen LogP contribution in [-0.2, 0) is 16.1 Å². The van der Waals surface area contributed by atoms with Gasteiger partial charge in [0, 0.05) is 19.6 Å². The van der Waals surface area contributed by atoms with E-state index in [1.807, 2.05) is 11.9 Å². The van der Waals surface area contributed by atoms with Crippen LogP contribution in [0.2, 0.25) is 0 Å². The number of hydrogen-bond acceptors (Lipinski definition) is 6. The molecular formula is C12H17BrN4O3. The molecule has 0 spiro atoms. The number of ether oxygens (including phenoxy) is 1. The van der Waals surface area contributed by atoms with E-state index in [9.17, 15) is 9.59 Å². The summed E-state index contributed by atoms with van der Waals surface area (Å²) in [6, 6.07) is 0.337. The lowest BCUT2D eigenvalue weighted by Crippen LogP contribution is -2.36. The molecule has 1 aliphatic heterocycles. The van der Waals surface area contributed by atoms with Gasteiger partial charge in [0.05, 0.1) is 19.0 Å². The van der Waals surface area contributed by atoms with Crippen LogP contribution in [0.3, 0.4) is 0 Å². The minimum atomic E-state index is -0.507. The average molecular weight is 345 g/mol. The highest BCUT2D eigenvalue weighted by atomic mass is 79.9. The third kappa shape index (κ3) is 3.01. The third-order valence-electron chi connectivity index (χ3n) is 3.44. The highest BCUT2D eigenvalue weighted by Gasteiger charge is 2.23. The molecular weight excluding hydrogens is 328 g/mol. The summed E-state index contributed by atoms with van der Waals surface area (Å²) in [5, 5.41) is 7.31. The highest BCUT2D eigenvalue weighted by Crippen LogP contribution is 2.23. The Bertz CT molecular complexity index is 554. The quantitative estimate of drug-likeness (QED) is 0.773. The van der Waals surface area contributed by atoms with Crippen molar-refractivity contribution in [2.45, 2.75) is 19.0 Å². The Labute approximate surface area is 125 Å². The fourth-order valence-corrected chi connectivity index (χ4v) is 2.76. The number of nitrogens with one attached hydrogen (secondary N) is 1. The van der Waals surface area contributed by atoms with Gasteiger partial charge in [0.15, 0.2) is 0 Å². The molecule has 7 nitrogen and oxygen atoms in total. The third-order valence-corrected chi connectivity index (χ3v) is 4.18. The zero-order chi connectivity index (χ0) is 14.7. The van der Waals surface area contributed by atoms with Gasteiger partial charge in [-0.1, -0.05) is 0 Å². The number of halogens is 1. The summed E-state index contributed by atoms with van der Waals surface area (Å²) in [4.78, 5) is 25.4. The summed E-state index contributed by atoms with van der Waals surface area (Å²) in [7, 11) is 3.21. The van der Waals surface area contributed by atoms with Crippen molar-refractivity contribution < 1.29 is 9.53 Å². The van der Waals surface area contributed by atoms with E-state index in [1.54, 1.807) is 6.20 Å². The molecule has 2 heterocycles. The molecule has 1 atom stereocenters. The zero-order valence-electron chi connectivity index (χ0n) is 11.4. The molecule has 1 aromatic heterocycles. The molecule has 1 aliphatic rings. The van der Waals surface area contributed by atoms with E-state index in [0.717, 1.165) is 29.9 Å². The van der Waals surface area contributed by atoms with E-state index >= 15 is 0 Å². The van der Waals surface area contributed by atoms with Gasteiger partial charge in [-0.3, -0.25) is 9.59 Å². The Hall–Kier alpha value is -1.41. The van der Waals surface area contributed by atoms with E-state index in [0.29, 0.717) is 10.5 Å². The lowest BCUT2D eigenvalue weighted by molar-refractivity contribution is -0.141. The van der Waals surface area contributed by atoms with Crippen molar-refractivity contribution in [2.75, 3.05) is 32.1 Å². The molecule has 1 unspecified atom stereocenters. The van der Waals surface area contributed by atoms with E-state index in [-0.39, 0.29) is 12.1 Å². The highest BCUT2D eigenvalue weighted by molar-refractivity contribution is 9.10. The van der Waals surface area contributed by atoms with Gasteiger partial charge in [0.25, 0.3) is 5.56 Å². The maximum atomic E-state index is 12.2. The number of likely N-dealkylation sites (N-methyl/N-ethyl adjacent to an activating group) is 1. The number of anilines is 1. The molecule has 8 heteroatoms. The first-order valence-electron chi connectivity index (χ1n) is 6.30. The molecule has 20 heavy (non-hydrogen) atoms. The zero-order valence-corrected chi connectivity index (χ0v) is 13.0. The average Bonchev–Trinajstić information content (AvgIpc) is 2.97. The molecule has 2 rings (SSSR count). The maximum absolute atomic E-state index is 12.2. The van der Waals surface area contributed by atoms with Crippen molar-refractivity contribution in [3.8, 4) is 0 Å². The first-order valence-corrected chi connectivity index (χ1v) is 7.10. The first-order chi connectivity index (χ1) is 9.54. The number of carbonyl (C=O) groups is 1. The summed E-state index contributed by atoms with van der Waals surface area (Å²) in [5.41, 5.74) is 0.385. The number of nitrogens with zero attached hydrogens (tertiary/aromatic N) is 3. The summed E-state index contributed by atoms with van der Waals surface area (Å²) in [6.07, 6.45) is 2.61. The van der Waals surface area contributed by atoms with Crippen molar-refractivity contribution in [1.29, 1.82) is 0 Å². The largest absolute Gasteiger partial charge is 0.468 e. The molecule has 1 fully saturated rings. The molecule has 0 aromatic carbocycles. The summed E-state index contributed by atoms with van der Waals surface area (Å²) in [6.45, 7) is 1.66. The number of hydrogen-bond donors (Lipinski definition) is 1. The smallest absolute Gasteiger partial charge is 0.327 e. The van der Waals surface area contributed by atoms with Crippen LogP contribution in [0.15, 0.2) is 15.5 Å². The number of rotatable bonds is 4. The van der Waals surface area contributed by atoms with Crippen LogP contribution < -0.4 is 15.8 Å². The van der Waals surface area contributed by atoms with E-state index in [4.69, 9.17) is 0 Å². The molecule has 0 radical (unpaired) electrons. The van der Waals surface area contributed by atoms with Crippen molar-refractivity contribution in [3.63, 3.8) is 0 Å². The Balaban J connectivity index is 2.26. The molecule has 0 bridgehead atoms. The second-order valence-corrected chi connectivity index (χ2v) is 5.43. The Morgan fingerprint density at radius 1 is 1.70 bits per heavy atom. The van der Waals surface area contributed by atoms with E-state index < -0.39 is 5.97 Å². The van der Waals surface area contributed by atoms with Crippen LogP contribution in [0.4, 0.5) is 5.69 Å². The second kappa shape index (κ2) is 6.36. The van der Waals surface area contributed by atoms with Crippen molar-refractivity contribution in [3.05, 3.63) is 21.0 Å². The molecule has 0 aliphatic carbocycles. The van der Waals surface area contributed by atoms with Gasteiger partial charge in [-0.25, -0.2) is 4.68 Å². The topological polar surface area (TPSA) is 76.5 Å². The van der Waals surface area contributed by atoms with Gasteiger partial charge in [-0.15, -0.1) is 0 Å². The van der Waals surface area contributed by atoms with Gasteiger partial charge in [0.2, 0.25) is 0 Å². The van der Waals surface area contributed by atoms with Crippen LogP contribution in [0, 0.1) is 0 Å². The van der Waals surface area contributed by atoms with Gasteiger partial charge < -0.3 is 15.0 Å². The summed E-state index contributed by atoms with van der Waals surface area (Å²) in [5.74, 6) is -0.507. The van der Waals surface area contributed by atoms with Gasteiger partial charge in [-0.05, 0) is 28.9 Å². The lowest BCUT2D eigenvalue weighted by atomic mass is 10.2. The predicted octanol–water partition coefficient (Wildman–Crippen LogP) is -0.0231. The molecule has 1 N–H and O–H groups in total. The normalized spacial score (nSPS) is 18.1. The van der Waals surface area contributed by atoms with Crippen LogP contribution in [0.5, 0.6) is 0 Å². The minimum absolute atomic E-state index is 0.192. The second-order valence-electron chi connectivity index (χ2n) is 4.64. The van der Waals surface area contributed by atoms with Crippen LogP contribution in [-0.4, -0.2) is 49.0 Å². The van der Waals surface area contributed by atoms with Gasteiger partial charge in [-0.2, -0.15) is 5.10 Å². The molecule has 0 amide bonds. The predicted molar refractivity (Wildman–Crippen MR) is 77.9 cm³/mol. The van der Waals surface area contributed by atoms with Crippen molar-refractivity contribution in [1.82, 2.24) is 15.1 Å². The van der Waals surface area contributed by atoms with Crippen molar-refractivity contribution >= 4 is 27.6 Å². The molecule has 110 valence electrons. The Morgan fingerprint density at radius 3 is 3.05 bits per heavy atom. The minimum Gasteiger partial charge on any atom is -0.468 e. The van der Waals surface area contributed by atoms with Crippen molar-refractivity contribution in [2.24, 2.45) is 0 Å². The standard InChI is InChI=1S/C12H17BrN4O3/c1-16(8-3-4-14-5-8)9-6-15-17(7-10(18)20-2)12(19)11(9)13/h6,8,14H,3-5,7H2,1-2H3. The molecule has 0 saturated carbocycles. The number of aromatic nitrogens is 2. The molecule has 1 aromatic rings. The molecule has 1 saturated heterocycles. The lowest BCUT2D eigenvalue weighted by Gasteiger charge is -2.26. The Morgan fingerprint density at radius 2 is 2.45 bits per heavy atom. The van der Waals surface area contributed by atoms with E-state index in [1.165, 1.54) is 7.11 Å². The maximum Gasteiger partial charge on any atom is 0.327 e. The first kappa shape index (κ1) is 15.0. The van der Waals surface area contributed by atoms with Gasteiger partial charge >= 0.3 is 5.97 Å². The van der Waals surface area contributed by atoms with Crippen LogP contribution in [0.25, 0.3) is 0 Å². The Kier molecular flexibility index (Phi) is 4.77. The van der Waals surface area contributed by atoms with Gasteiger partial charge in [0.1, 0.15) is 11.0 Å².